The van der Waals surface area contributed by atoms with Crippen LogP contribution < -0.4 is 0 Å². The van der Waals surface area contributed by atoms with Gasteiger partial charge in [-0.2, -0.15) is 9.98 Å². The van der Waals surface area contributed by atoms with Crippen LogP contribution in [0.25, 0.3) is 0 Å². The van der Waals surface area contributed by atoms with Gasteiger partial charge in [-0.25, -0.2) is 0 Å². The predicted molar refractivity (Wildman–Crippen MR) is 35.0 cm³/mol. The molecule has 0 radical (unpaired) electrons. The van der Waals surface area contributed by atoms with Crippen molar-refractivity contribution < 1.29 is 0 Å². The van der Waals surface area contributed by atoms with Crippen molar-refractivity contribution in [3.8, 4) is 5.40 Å². The maximum atomic E-state index is 8.07. The molecule has 0 aliphatic carbocycles. The van der Waals surface area contributed by atoms with E-state index in [0.29, 0.717) is 5.11 Å². The summed E-state index contributed by atoms with van der Waals surface area (Å²) in [5.74, 6) is 0. The van der Waals surface area contributed by atoms with E-state index in [9.17, 15) is 0 Å². The van der Waals surface area contributed by atoms with Gasteiger partial charge in [-0.1, -0.05) is 0 Å². The second kappa shape index (κ2) is 2.28. The molecule has 3 nitrogen and oxygen atoms in total. The van der Waals surface area contributed by atoms with Gasteiger partial charge in [0.2, 0.25) is 0 Å². The Morgan fingerprint density at radius 1 is 1.50 bits per heavy atom. The Bertz CT molecular complexity index is 194. The van der Waals surface area contributed by atoms with Gasteiger partial charge in [0, 0.05) is 0 Å². The van der Waals surface area contributed by atoms with Crippen LogP contribution in [0.15, 0.2) is 9.98 Å². The summed E-state index contributed by atoms with van der Waals surface area (Å²) in [5.41, 5.74) is 0. The first-order valence-electron chi connectivity index (χ1n) is 1.93. The van der Waals surface area contributed by atoms with Gasteiger partial charge in [-0.3, -0.25) is 0 Å². The molecule has 0 spiro atoms. The highest BCUT2D eigenvalue weighted by Gasteiger charge is 2.07. The first-order chi connectivity index (χ1) is 3.93. The lowest BCUT2D eigenvalue weighted by Gasteiger charge is -1.58. The number of rotatable bonds is 0. The van der Waals surface area contributed by atoms with E-state index in [0.717, 1.165) is 11.4 Å². The summed E-state index contributed by atoms with van der Waals surface area (Å²) in [6.45, 7) is 0. The van der Waals surface area contributed by atoms with Crippen molar-refractivity contribution in [2.45, 2.75) is 0 Å². The number of hydrogen-bond acceptors (Lipinski definition) is 1. The second-order valence-corrected chi connectivity index (χ2v) is 1.78. The monoisotopic (exact) mass is 124 g/mol. The fraction of sp³-hybridized carbons (Fsp3) is 0. The van der Waals surface area contributed by atoms with Crippen molar-refractivity contribution in [3.05, 3.63) is 0 Å². The highest BCUT2D eigenvalue weighted by molar-refractivity contribution is 7.83. The Morgan fingerprint density at radius 3 is 2.62 bits per heavy atom. The molecule has 8 heavy (non-hydrogen) atoms. The summed E-state index contributed by atoms with van der Waals surface area (Å²) in [7, 11) is 0. The van der Waals surface area contributed by atoms with E-state index in [1.807, 2.05) is 5.40 Å². The summed E-state index contributed by atoms with van der Waals surface area (Å²) in [6.07, 6.45) is 3.11. The van der Waals surface area contributed by atoms with Crippen molar-refractivity contribution in [1.29, 1.82) is 5.26 Å². The van der Waals surface area contributed by atoms with E-state index >= 15 is 0 Å². The lowest BCUT2D eigenvalue weighted by Crippen LogP contribution is -1.81. The maximum absolute atomic E-state index is 8.07. The summed E-state index contributed by atoms with van der Waals surface area (Å²) in [6, 6.07) is 0. The summed E-state index contributed by atoms with van der Waals surface area (Å²) < 4.78 is 0. The van der Waals surface area contributed by atoms with Crippen molar-refractivity contribution in [3.63, 3.8) is 0 Å². The SMILES string of the molecule is N#C[S+]=C1N=CC=N1. The second-order valence-electron chi connectivity index (χ2n) is 1.03. The normalized spacial score (nSPS) is 14.1. The third kappa shape index (κ3) is 0.950. The van der Waals surface area contributed by atoms with Crippen molar-refractivity contribution in [2.75, 3.05) is 0 Å². The van der Waals surface area contributed by atoms with E-state index in [1.54, 1.807) is 12.4 Å². The van der Waals surface area contributed by atoms with Crippen LogP contribution in [0.5, 0.6) is 0 Å². The molecule has 0 aromatic carbocycles. The van der Waals surface area contributed by atoms with Crippen molar-refractivity contribution >= 4 is 28.9 Å². The van der Waals surface area contributed by atoms with Crippen LogP contribution in [0, 0.1) is 10.7 Å². The minimum Gasteiger partial charge on any atom is -0.181 e. The first-order valence-corrected chi connectivity index (χ1v) is 2.75. The highest BCUT2D eigenvalue weighted by Crippen LogP contribution is 1.83. The van der Waals surface area contributed by atoms with Crippen molar-refractivity contribution in [2.24, 2.45) is 9.98 Å². The predicted octanol–water partition coefficient (Wildman–Crippen LogP) is -0.207. The molecular formula is C4H2N3S+. The minimum absolute atomic E-state index is 0.521. The van der Waals surface area contributed by atoms with E-state index in [4.69, 9.17) is 5.26 Å². The van der Waals surface area contributed by atoms with Crippen LogP contribution in [-0.4, -0.2) is 17.5 Å². The molecule has 0 atom stereocenters. The zero-order valence-corrected chi connectivity index (χ0v) is 4.72. The molecule has 0 amide bonds. The molecule has 38 valence electrons. The molecule has 0 aromatic heterocycles. The Kier molecular flexibility index (Phi) is 1.45. The van der Waals surface area contributed by atoms with Gasteiger partial charge in [0.15, 0.2) is 0 Å². The van der Waals surface area contributed by atoms with Crippen LogP contribution >= 0.6 is 0 Å². The summed E-state index contributed by atoms with van der Waals surface area (Å²) in [5, 5.41) is 10.5. The van der Waals surface area contributed by atoms with E-state index in [2.05, 4.69) is 9.98 Å². The lowest BCUT2D eigenvalue weighted by molar-refractivity contribution is 1.57. The molecule has 4 heteroatoms. The largest absolute Gasteiger partial charge is 0.436 e. The average Bonchev–Trinajstić information content (AvgIpc) is 2.19. The van der Waals surface area contributed by atoms with Crippen LogP contribution in [-0.2, 0) is 11.4 Å². The molecule has 0 saturated heterocycles. The van der Waals surface area contributed by atoms with Crippen LogP contribution in [0.3, 0.4) is 0 Å². The van der Waals surface area contributed by atoms with Crippen molar-refractivity contribution in [1.82, 2.24) is 0 Å². The molecule has 0 bridgehead atoms. The number of nitriles is 1. The van der Waals surface area contributed by atoms with Gasteiger partial charge < -0.3 is 0 Å². The van der Waals surface area contributed by atoms with E-state index in [1.165, 1.54) is 0 Å². The standard InChI is InChI=1S/C4H2N3S/c5-3-8-4-6-1-2-7-4/h1-2H/q+1. The zero-order chi connectivity index (χ0) is 5.82. The Morgan fingerprint density at radius 2 is 2.12 bits per heavy atom. The number of nitrogens with zero attached hydrogens (tertiary/aromatic N) is 3. The van der Waals surface area contributed by atoms with Crippen LogP contribution in [0.1, 0.15) is 0 Å². The van der Waals surface area contributed by atoms with Crippen LogP contribution in [0.2, 0.25) is 0 Å². The fourth-order valence-corrected chi connectivity index (χ4v) is 0.630. The Hall–Kier alpha value is -1.08. The molecule has 1 heterocycles. The third-order valence-corrected chi connectivity index (χ3v) is 1.06. The molecule has 0 saturated carbocycles. The third-order valence-electron chi connectivity index (χ3n) is 0.574. The topological polar surface area (TPSA) is 48.5 Å². The molecule has 0 aromatic rings. The highest BCUT2D eigenvalue weighted by atomic mass is 32.1. The fourth-order valence-electron chi connectivity index (χ4n) is 0.321. The molecule has 1 rings (SSSR count). The van der Waals surface area contributed by atoms with Gasteiger partial charge in [-0.15, -0.1) is 5.26 Å². The zero-order valence-electron chi connectivity index (χ0n) is 3.90. The maximum Gasteiger partial charge on any atom is 0.436 e. The molecule has 0 unspecified atom stereocenters. The average molecular weight is 124 g/mol. The summed E-state index contributed by atoms with van der Waals surface area (Å²) in [4.78, 5) is 7.47. The van der Waals surface area contributed by atoms with Gasteiger partial charge in [0.1, 0.15) is 0 Å². The minimum atomic E-state index is 0.521. The number of aliphatic imine (C=N–C) groups is 2. The molecule has 0 fully saturated rings. The summed E-state index contributed by atoms with van der Waals surface area (Å²) >= 11 is 0.965. The quantitative estimate of drug-likeness (QED) is 0.250. The molecular weight excluding hydrogens is 122 g/mol. The smallest absolute Gasteiger partial charge is 0.181 e. The van der Waals surface area contributed by atoms with E-state index < -0.39 is 0 Å². The Labute approximate surface area is 50.3 Å². The molecule has 1 aliphatic rings. The van der Waals surface area contributed by atoms with Gasteiger partial charge in [0.05, 0.1) is 12.4 Å². The van der Waals surface area contributed by atoms with Gasteiger partial charge in [-0.05, 0) is 0 Å². The lowest BCUT2D eigenvalue weighted by atomic mass is 10.9. The van der Waals surface area contributed by atoms with Gasteiger partial charge >= 0.3 is 21.9 Å². The number of thiocyanates is 1. The Balaban J connectivity index is 2.79. The van der Waals surface area contributed by atoms with Gasteiger partial charge in [0.25, 0.3) is 0 Å². The molecule has 0 N–H and O–H groups in total. The number of hydrogen-bond donors (Lipinski definition) is 0. The molecule has 1 aliphatic heterocycles. The van der Waals surface area contributed by atoms with E-state index in [-0.39, 0.29) is 0 Å². The van der Waals surface area contributed by atoms with Crippen LogP contribution in [0.4, 0.5) is 0 Å². The first kappa shape index (κ1) is 5.06.